The molecule has 0 aliphatic rings. The fourth-order valence-corrected chi connectivity index (χ4v) is 1.52. The van der Waals surface area contributed by atoms with E-state index in [1.165, 1.54) is 13.3 Å². The molecule has 0 fully saturated rings. The van der Waals surface area contributed by atoms with Gasteiger partial charge in [0, 0.05) is 11.7 Å². The second-order valence-corrected chi connectivity index (χ2v) is 5.41. The van der Waals surface area contributed by atoms with Crippen LogP contribution in [0, 0.1) is 16.7 Å². The van der Waals surface area contributed by atoms with Crippen LogP contribution < -0.4 is 5.32 Å². The Hall–Kier alpha value is -2.09. The zero-order valence-corrected chi connectivity index (χ0v) is 11.9. The van der Waals surface area contributed by atoms with Crippen molar-refractivity contribution < 1.29 is 9.53 Å². The van der Waals surface area contributed by atoms with Gasteiger partial charge in [-0.2, -0.15) is 5.26 Å². The van der Waals surface area contributed by atoms with Crippen LogP contribution in [0.4, 0.5) is 5.82 Å². The first kappa shape index (κ1) is 15.0. The molecule has 0 aromatic carbocycles. The van der Waals surface area contributed by atoms with Crippen LogP contribution in [0.2, 0.25) is 0 Å². The van der Waals surface area contributed by atoms with Crippen LogP contribution in [-0.2, 0) is 9.53 Å². The van der Waals surface area contributed by atoms with Gasteiger partial charge in [0.05, 0.1) is 18.1 Å². The van der Waals surface area contributed by atoms with Gasteiger partial charge in [-0.3, -0.25) is 4.79 Å². The molecular formula is C14H19N3O2. The highest BCUT2D eigenvalue weighted by atomic mass is 16.5. The van der Waals surface area contributed by atoms with E-state index in [0.717, 1.165) is 0 Å². The molecule has 0 atom stereocenters. The third-order valence-electron chi connectivity index (χ3n) is 3.59. The summed E-state index contributed by atoms with van der Waals surface area (Å²) in [6.07, 6.45) is 1.49. The molecule has 1 aromatic rings. The highest BCUT2D eigenvalue weighted by Crippen LogP contribution is 2.34. The maximum Gasteiger partial charge on any atom is 0.313 e. The summed E-state index contributed by atoms with van der Waals surface area (Å²) < 4.78 is 4.83. The van der Waals surface area contributed by atoms with E-state index < -0.39 is 11.0 Å². The number of ether oxygens (including phenoxy) is 1. The Labute approximate surface area is 113 Å². The monoisotopic (exact) mass is 261 g/mol. The second-order valence-electron chi connectivity index (χ2n) is 5.41. The topological polar surface area (TPSA) is 75.0 Å². The molecule has 0 saturated heterocycles. The normalized spacial score (nSPS) is 11.6. The first-order valence-corrected chi connectivity index (χ1v) is 5.97. The van der Waals surface area contributed by atoms with Crippen molar-refractivity contribution >= 4 is 11.8 Å². The number of hydrogen-bond acceptors (Lipinski definition) is 5. The summed E-state index contributed by atoms with van der Waals surface area (Å²) >= 11 is 0. The molecule has 0 unspecified atom stereocenters. The zero-order valence-electron chi connectivity index (χ0n) is 11.9. The van der Waals surface area contributed by atoms with Crippen molar-refractivity contribution in [2.45, 2.75) is 33.2 Å². The van der Waals surface area contributed by atoms with E-state index in [0.29, 0.717) is 11.4 Å². The van der Waals surface area contributed by atoms with Crippen molar-refractivity contribution in [3.8, 4) is 6.07 Å². The summed E-state index contributed by atoms with van der Waals surface area (Å²) in [6.45, 7) is 7.44. The van der Waals surface area contributed by atoms with Crippen molar-refractivity contribution in [2.75, 3.05) is 12.4 Å². The fraction of sp³-hybridized carbons (Fsp3) is 0.500. The Morgan fingerprint density at radius 2 is 2.00 bits per heavy atom. The van der Waals surface area contributed by atoms with Crippen LogP contribution >= 0.6 is 0 Å². The number of hydrogen-bond donors (Lipinski definition) is 1. The van der Waals surface area contributed by atoms with Gasteiger partial charge in [0.15, 0.2) is 0 Å². The quantitative estimate of drug-likeness (QED) is 0.842. The number of nitriles is 1. The molecule has 5 nitrogen and oxygen atoms in total. The lowest BCUT2D eigenvalue weighted by Gasteiger charge is -2.40. The number of aromatic nitrogens is 1. The van der Waals surface area contributed by atoms with Gasteiger partial charge in [-0.25, -0.2) is 4.98 Å². The van der Waals surface area contributed by atoms with Gasteiger partial charge in [0.2, 0.25) is 0 Å². The highest BCUT2D eigenvalue weighted by molar-refractivity contribution is 5.78. The predicted molar refractivity (Wildman–Crippen MR) is 72.5 cm³/mol. The summed E-state index contributed by atoms with van der Waals surface area (Å²) in [4.78, 5) is 16.0. The molecule has 1 aromatic heterocycles. The number of rotatable bonds is 4. The molecule has 102 valence electrons. The Bertz CT molecular complexity index is 498. The SMILES string of the molecule is COC(=O)C(C)(C)C(C)(C)Nc1ccc(C#N)cn1. The van der Waals surface area contributed by atoms with E-state index in [4.69, 9.17) is 10.00 Å². The summed E-state index contributed by atoms with van der Waals surface area (Å²) in [5, 5.41) is 11.9. The highest BCUT2D eigenvalue weighted by Gasteiger charge is 2.44. The van der Waals surface area contributed by atoms with E-state index in [2.05, 4.69) is 10.3 Å². The molecule has 19 heavy (non-hydrogen) atoms. The average Bonchev–Trinajstić information content (AvgIpc) is 2.37. The van der Waals surface area contributed by atoms with Crippen LogP contribution in [0.5, 0.6) is 0 Å². The Morgan fingerprint density at radius 1 is 1.37 bits per heavy atom. The lowest BCUT2D eigenvalue weighted by atomic mass is 9.74. The Kier molecular flexibility index (Phi) is 4.15. The molecule has 0 radical (unpaired) electrons. The molecule has 0 aliphatic heterocycles. The number of carbonyl (C=O) groups excluding carboxylic acids is 1. The van der Waals surface area contributed by atoms with Crippen molar-refractivity contribution in [3.63, 3.8) is 0 Å². The van der Waals surface area contributed by atoms with E-state index in [-0.39, 0.29) is 5.97 Å². The van der Waals surface area contributed by atoms with Crippen LogP contribution in [0.3, 0.4) is 0 Å². The largest absolute Gasteiger partial charge is 0.469 e. The molecule has 5 heteroatoms. The van der Waals surface area contributed by atoms with Crippen LogP contribution in [-0.4, -0.2) is 23.6 Å². The van der Waals surface area contributed by atoms with Crippen LogP contribution in [0.1, 0.15) is 33.3 Å². The Balaban J connectivity index is 2.95. The van der Waals surface area contributed by atoms with Gasteiger partial charge in [-0.15, -0.1) is 0 Å². The van der Waals surface area contributed by atoms with Gasteiger partial charge in [-0.1, -0.05) is 0 Å². The van der Waals surface area contributed by atoms with E-state index in [9.17, 15) is 4.79 Å². The number of pyridine rings is 1. The van der Waals surface area contributed by atoms with Crippen molar-refractivity contribution in [3.05, 3.63) is 23.9 Å². The standard InChI is InChI=1S/C14H19N3O2/c1-13(2,12(18)19-5)14(3,4)17-11-7-6-10(8-15)9-16-11/h6-7,9H,1-5H3,(H,16,17). The van der Waals surface area contributed by atoms with Gasteiger partial charge in [0.25, 0.3) is 0 Å². The lowest BCUT2D eigenvalue weighted by molar-refractivity contribution is -0.153. The number of nitrogens with one attached hydrogen (secondary N) is 1. The molecule has 0 bridgehead atoms. The minimum atomic E-state index is -0.725. The Morgan fingerprint density at radius 3 is 2.42 bits per heavy atom. The first-order chi connectivity index (χ1) is 8.74. The maximum atomic E-state index is 11.8. The summed E-state index contributed by atoms with van der Waals surface area (Å²) in [5.41, 5.74) is -0.783. The number of anilines is 1. The van der Waals surface area contributed by atoms with Crippen molar-refractivity contribution in [1.29, 1.82) is 5.26 Å². The van der Waals surface area contributed by atoms with Crippen molar-refractivity contribution in [1.82, 2.24) is 4.98 Å². The maximum absolute atomic E-state index is 11.8. The third-order valence-corrected chi connectivity index (χ3v) is 3.59. The summed E-state index contributed by atoms with van der Waals surface area (Å²) in [6, 6.07) is 5.40. The lowest BCUT2D eigenvalue weighted by Crippen LogP contribution is -2.51. The number of carbonyl (C=O) groups is 1. The first-order valence-electron chi connectivity index (χ1n) is 5.97. The van der Waals surface area contributed by atoms with Crippen LogP contribution in [0.25, 0.3) is 0 Å². The molecule has 1 heterocycles. The number of esters is 1. The minimum Gasteiger partial charge on any atom is -0.469 e. The van der Waals surface area contributed by atoms with Gasteiger partial charge in [0.1, 0.15) is 11.9 Å². The molecular weight excluding hydrogens is 242 g/mol. The van der Waals surface area contributed by atoms with Crippen LogP contribution in [0.15, 0.2) is 18.3 Å². The van der Waals surface area contributed by atoms with Gasteiger partial charge < -0.3 is 10.1 Å². The second kappa shape index (κ2) is 5.27. The molecule has 1 rings (SSSR count). The molecule has 0 spiro atoms. The molecule has 0 saturated carbocycles. The molecule has 0 aliphatic carbocycles. The minimum absolute atomic E-state index is 0.293. The van der Waals surface area contributed by atoms with Gasteiger partial charge in [-0.05, 0) is 39.8 Å². The third kappa shape index (κ3) is 3.02. The van der Waals surface area contributed by atoms with E-state index in [1.54, 1.807) is 12.1 Å². The summed E-state index contributed by atoms with van der Waals surface area (Å²) in [5.74, 6) is 0.319. The van der Waals surface area contributed by atoms with Crippen molar-refractivity contribution in [2.24, 2.45) is 5.41 Å². The zero-order chi connectivity index (χ0) is 14.7. The fourth-order valence-electron chi connectivity index (χ4n) is 1.52. The van der Waals surface area contributed by atoms with Gasteiger partial charge >= 0.3 is 5.97 Å². The molecule has 1 N–H and O–H groups in total. The number of methoxy groups -OCH3 is 1. The number of nitrogens with zero attached hydrogens (tertiary/aromatic N) is 2. The van der Waals surface area contributed by atoms with E-state index >= 15 is 0 Å². The average molecular weight is 261 g/mol. The van der Waals surface area contributed by atoms with E-state index in [1.807, 2.05) is 33.8 Å². The smallest absolute Gasteiger partial charge is 0.313 e. The summed E-state index contributed by atoms with van der Waals surface area (Å²) in [7, 11) is 1.38. The molecule has 0 amide bonds. The predicted octanol–water partition coefficient (Wildman–Crippen LogP) is 2.34.